The van der Waals surface area contributed by atoms with Crippen LogP contribution in [0.2, 0.25) is 0 Å². The van der Waals surface area contributed by atoms with Gasteiger partial charge >= 0.3 is 5.97 Å². The standard InChI is InChI=1S/C8H12O2/c9-7(10)8-4-1-2-6(8)3-5-8/h6H,1-5H2,(H,9,10). The zero-order chi connectivity index (χ0) is 7.19. The van der Waals surface area contributed by atoms with E-state index in [0.717, 1.165) is 32.1 Å². The molecular weight excluding hydrogens is 128 g/mol. The van der Waals surface area contributed by atoms with Gasteiger partial charge in [-0.05, 0) is 31.6 Å². The molecule has 0 aromatic carbocycles. The van der Waals surface area contributed by atoms with E-state index in [9.17, 15) is 4.79 Å². The van der Waals surface area contributed by atoms with E-state index in [1.807, 2.05) is 0 Å². The van der Waals surface area contributed by atoms with Crippen molar-refractivity contribution in [2.24, 2.45) is 11.3 Å². The molecule has 0 amide bonds. The predicted molar refractivity (Wildman–Crippen MR) is 36.6 cm³/mol. The highest BCUT2D eigenvalue weighted by molar-refractivity contribution is 5.76. The first-order chi connectivity index (χ1) is 4.76. The third-order valence-electron chi connectivity index (χ3n) is 3.32. The Morgan fingerprint density at radius 3 is 2.50 bits per heavy atom. The SMILES string of the molecule is O=C(O)C12CCCC1CC2. The van der Waals surface area contributed by atoms with Crippen molar-refractivity contribution < 1.29 is 9.90 Å². The Morgan fingerprint density at radius 2 is 2.20 bits per heavy atom. The van der Waals surface area contributed by atoms with Crippen molar-refractivity contribution in [2.75, 3.05) is 0 Å². The summed E-state index contributed by atoms with van der Waals surface area (Å²) in [6.45, 7) is 0. The maximum atomic E-state index is 10.8. The number of carboxylic acid groups (broad SMARTS) is 1. The fourth-order valence-electron chi connectivity index (χ4n) is 2.50. The molecule has 0 heterocycles. The number of aliphatic carboxylic acids is 1. The first-order valence-corrected chi connectivity index (χ1v) is 3.99. The van der Waals surface area contributed by atoms with E-state index in [4.69, 9.17) is 5.11 Å². The van der Waals surface area contributed by atoms with Gasteiger partial charge in [0, 0.05) is 0 Å². The lowest BCUT2D eigenvalue weighted by molar-refractivity contribution is -0.158. The van der Waals surface area contributed by atoms with E-state index in [1.165, 1.54) is 0 Å². The molecule has 0 saturated heterocycles. The summed E-state index contributed by atoms with van der Waals surface area (Å²) in [6.07, 6.45) is 5.33. The molecule has 56 valence electrons. The van der Waals surface area contributed by atoms with Gasteiger partial charge in [-0.2, -0.15) is 0 Å². The van der Waals surface area contributed by atoms with Crippen LogP contribution in [-0.2, 0) is 4.79 Å². The molecule has 2 unspecified atom stereocenters. The van der Waals surface area contributed by atoms with Gasteiger partial charge in [-0.15, -0.1) is 0 Å². The Hall–Kier alpha value is -0.530. The molecule has 2 atom stereocenters. The number of fused-ring (bicyclic) bond motifs is 1. The third-order valence-corrected chi connectivity index (χ3v) is 3.32. The summed E-state index contributed by atoms with van der Waals surface area (Å²) in [5.74, 6) is -0.00810. The van der Waals surface area contributed by atoms with E-state index >= 15 is 0 Å². The number of carboxylic acids is 1. The fraction of sp³-hybridized carbons (Fsp3) is 0.875. The van der Waals surface area contributed by atoms with Crippen LogP contribution < -0.4 is 0 Å². The van der Waals surface area contributed by atoms with Crippen molar-refractivity contribution in [3.05, 3.63) is 0 Å². The van der Waals surface area contributed by atoms with Gasteiger partial charge in [0.05, 0.1) is 5.41 Å². The molecular formula is C8H12O2. The maximum absolute atomic E-state index is 10.8. The Kier molecular flexibility index (Phi) is 1.08. The van der Waals surface area contributed by atoms with Crippen LogP contribution in [0.15, 0.2) is 0 Å². The number of hydrogen-bond acceptors (Lipinski definition) is 1. The van der Waals surface area contributed by atoms with E-state index in [1.54, 1.807) is 0 Å². The molecule has 2 fully saturated rings. The van der Waals surface area contributed by atoms with Gasteiger partial charge in [0.15, 0.2) is 0 Å². The summed E-state index contributed by atoms with van der Waals surface area (Å²) < 4.78 is 0. The lowest BCUT2D eigenvalue weighted by Crippen LogP contribution is -2.42. The van der Waals surface area contributed by atoms with Gasteiger partial charge in [0.25, 0.3) is 0 Å². The number of hydrogen-bond donors (Lipinski definition) is 1. The molecule has 0 aromatic heterocycles. The summed E-state index contributed by atoms with van der Waals surface area (Å²) in [5.41, 5.74) is -0.250. The normalized spacial score (nSPS) is 44.2. The Balaban J connectivity index is 2.21. The fourth-order valence-corrected chi connectivity index (χ4v) is 2.50. The van der Waals surface area contributed by atoms with Crippen LogP contribution in [0.1, 0.15) is 32.1 Å². The largest absolute Gasteiger partial charge is 0.481 e. The summed E-state index contributed by atoms with van der Waals surface area (Å²) in [5, 5.41) is 8.89. The van der Waals surface area contributed by atoms with Crippen molar-refractivity contribution >= 4 is 5.97 Å². The minimum Gasteiger partial charge on any atom is -0.481 e. The maximum Gasteiger partial charge on any atom is 0.309 e. The topological polar surface area (TPSA) is 37.3 Å². The van der Waals surface area contributed by atoms with Crippen LogP contribution in [0, 0.1) is 11.3 Å². The van der Waals surface area contributed by atoms with Crippen LogP contribution in [0.25, 0.3) is 0 Å². The first kappa shape index (κ1) is 6.20. The van der Waals surface area contributed by atoms with E-state index in [2.05, 4.69) is 0 Å². The zero-order valence-corrected chi connectivity index (χ0v) is 5.97. The van der Waals surface area contributed by atoms with E-state index in [-0.39, 0.29) is 5.41 Å². The van der Waals surface area contributed by atoms with E-state index < -0.39 is 5.97 Å². The average Bonchev–Trinajstić information content (AvgIpc) is 2.09. The minimum atomic E-state index is -0.541. The van der Waals surface area contributed by atoms with Crippen LogP contribution >= 0.6 is 0 Å². The summed E-state index contributed by atoms with van der Waals surface area (Å²) >= 11 is 0. The second-order valence-corrected chi connectivity index (χ2v) is 3.59. The second-order valence-electron chi connectivity index (χ2n) is 3.59. The molecule has 0 aromatic rings. The quantitative estimate of drug-likeness (QED) is 0.601. The van der Waals surface area contributed by atoms with Crippen LogP contribution in [-0.4, -0.2) is 11.1 Å². The molecule has 2 saturated carbocycles. The minimum absolute atomic E-state index is 0.250. The highest BCUT2D eigenvalue weighted by Gasteiger charge is 2.55. The molecule has 0 radical (unpaired) electrons. The molecule has 2 rings (SSSR count). The average molecular weight is 140 g/mol. The van der Waals surface area contributed by atoms with Crippen molar-refractivity contribution in [2.45, 2.75) is 32.1 Å². The van der Waals surface area contributed by atoms with Crippen molar-refractivity contribution in [3.63, 3.8) is 0 Å². The van der Waals surface area contributed by atoms with Crippen molar-refractivity contribution in [1.29, 1.82) is 0 Å². The Labute approximate surface area is 60.2 Å². The van der Waals surface area contributed by atoms with E-state index in [0.29, 0.717) is 5.92 Å². The Morgan fingerprint density at radius 1 is 1.40 bits per heavy atom. The molecule has 2 aliphatic carbocycles. The highest BCUT2D eigenvalue weighted by atomic mass is 16.4. The summed E-state index contributed by atoms with van der Waals surface area (Å²) in [6, 6.07) is 0. The molecule has 0 aliphatic heterocycles. The number of rotatable bonds is 1. The van der Waals surface area contributed by atoms with Crippen molar-refractivity contribution in [1.82, 2.24) is 0 Å². The molecule has 1 N–H and O–H groups in total. The molecule has 2 nitrogen and oxygen atoms in total. The first-order valence-electron chi connectivity index (χ1n) is 3.99. The molecule has 10 heavy (non-hydrogen) atoms. The number of carbonyl (C=O) groups is 1. The lowest BCUT2D eigenvalue weighted by atomic mass is 9.62. The summed E-state index contributed by atoms with van der Waals surface area (Å²) in [7, 11) is 0. The monoisotopic (exact) mass is 140 g/mol. The highest BCUT2D eigenvalue weighted by Crippen LogP contribution is 2.57. The second kappa shape index (κ2) is 1.74. The van der Waals surface area contributed by atoms with Gasteiger partial charge in [0.2, 0.25) is 0 Å². The molecule has 0 bridgehead atoms. The van der Waals surface area contributed by atoms with Gasteiger partial charge in [0.1, 0.15) is 0 Å². The lowest BCUT2D eigenvalue weighted by Gasteiger charge is -2.41. The summed E-state index contributed by atoms with van der Waals surface area (Å²) in [4.78, 5) is 10.8. The van der Waals surface area contributed by atoms with Gasteiger partial charge in [-0.3, -0.25) is 4.79 Å². The van der Waals surface area contributed by atoms with Crippen LogP contribution in [0.5, 0.6) is 0 Å². The van der Waals surface area contributed by atoms with Gasteiger partial charge < -0.3 is 5.11 Å². The Bertz CT molecular complexity index is 176. The van der Waals surface area contributed by atoms with Crippen molar-refractivity contribution in [3.8, 4) is 0 Å². The molecule has 2 heteroatoms. The molecule has 2 aliphatic rings. The van der Waals surface area contributed by atoms with Gasteiger partial charge in [-0.25, -0.2) is 0 Å². The molecule has 0 spiro atoms. The predicted octanol–water partition coefficient (Wildman–Crippen LogP) is 1.65. The van der Waals surface area contributed by atoms with Gasteiger partial charge in [-0.1, -0.05) is 6.42 Å². The zero-order valence-electron chi connectivity index (χ0n) is 5.97. The smallest absolute Gasteiger partial charge is 0.309 e. The van der Waals surface area contributed by atoms with Crippen LogP contribution in [0.4, 0.5) is 0 Å². The van der Waals surface area contributed by atoms with Crippen LogP contribution in [0.3, 0.4) is 0 Å². The third kappa shape index (κ3) is 0.522.